The van der Waals surface area contributed by atoms with E-state index in [1.54, 1.807) is 4.90 Å². The second-order valence-corrected chi connectivity index (χ2v) is 5.38. The Hall–Kier alpha value is -1.90. The molecular formula is C12H13F3N4O2. The highest BCUT2D eigenvalue weighted by Gasteiger charge is 2.45. The van der Waals surface area contributed by atoms with Crippen molar-refractivity contribution in [2.75, 3.05) is 31.6 Å². The molecule has 1 spiro atoms. The maximum Gasteiger partial charge on any atom is 0.433 e. The minimum atomic E-state index is -4.57. The summed E-state index contributed by atoms with van der Waals surface area (Å²) in [6.45, 7) is 2.37. The Morgan fingerprint density at radius 1 is 1.38 bits per heavy atom. The number of anilines is 1. The number of aromatic nitrogens is 2. The first-order valence-corrected chi connectivity index (χ1v) is 6.41. The van der Waals surface area contributed by atoms with Crippen molar-refractivity contribution in [3.05, 3.63) is 18.1 Å². The fraction of sp³-hybridized carbons (Fsp3) is 0.583. The summed E-state index contributed by atoms with van der Waals surface area (Å²) in [6, 6.07) is 0.265. The van der Waals surface area contributed by atoms with E-state index in [1.165, 1.54) is 0 Å². The van der Waals surface area contributed by atoms with Gasteiger partial charge in [0.05, 0.1) is 13.2 Å². The molecule has 9 heteroatoms. The van der Waals surface area contributed by atoms with E-state index in [0.717, 1.165) is 18.8 Å². The van der Waals surface area contributed by atoms with Crippen molar-refractivity contribution >= 4 is 11.8 Å². The topological polar surface area (TPSA) is 67.4 Å². The van der Waals surface area contributed by atoms with E-state index < -0.39 is 17.9 Å². The van der Waals surface area contributed by atoms with Gasteiger partial charge in [-0.1, -0.05) is 0 Å². The number of ether oxygens (including phenoxy) is 1. The van der Waals surface area contributed by atoms with Crippen molar-refractivity contribution < 1.29 is 22.7 Å². The molecule has 0 aromatic carbocycles. The number of rotatable bonds is 1. The molecule has 3 heterocycles. The van der Waals surface area contributed by atoms with Crippen molar-refractivity contribution in [1.82, 2.24) is 14.9 Å². The molecule has 1 aromatic heterocycles. The quantitative estimate of drug-likeness (QED) is 0.858. The Labute approximate surface area is 118 Å². The highest BCUT2D eigenvalue weighted by molar-refractivity contribution is 5.88. The van der Waals surface area contributed by atoms with Crippen molar-refractivity contribution in [3.63, 3.8) is 0 Å². The number of likely N-dealkylation sites (tertiary alicyclic amines) is 1. The molecule has 21 heavy (non-hydrogen) atoms. The Bertz CT molecular complexity index is 560. The van der Waals surface area contributed by atoms with Crippen LogP contribution in [-0.2, 0) is 10.9 Å². The van der Waals surface area contributed by atoms with Crippen LogP contribution >= 0.6 is 0 Å². The first-order valence-electron chi connectivity index (χ1n) is 6.41. The first kappa shape index (κ1) is 14.1. The summed E-state index contributed by atoms with van der Waals surface area (Å²) in [7, 11) is 0. The third kappa shape index (κ3) is 2.78. The fourth-order valence-corrected chi connectivity index (χ4v) is 2.50. The molecule has 1 aromatic rings. The van der Waals surface area contributed by atoms with Crippen LogP contribution in [0.5, 0.6) is 0 Å². The zero-order valence-corrected chi connectivity index (χ0v) is 11.0. The largest absolute Gasteiger partial charge is 0.433 e. The average molecular weight is 302 g/mol. The number of carbonyl (C=O) groups is 1. The van der Waals surface area contributed by atoms with Gasteiger partial charge in [-0.05, 0) is 6.42 Å². The van der Waals surface area contributed by atoms with Gasteiger partial charge in [-0.25, -0.2) is 14.8 Å². The third-order valence-electron chi connectivity index (χ3n) is 3.73. The summed E-state index contributed by atoms with van der Waals surface area (Å²) in [5, 5.41) is 2.38. The number of amides is 2. The van der Waals surface area contributed by atoms with Crippen LogP contribution in [0.25, 0.3) is 0 Å². The molecular weight excluding hydrogens is 289 g/mol. The summed E-state index contributed by atoms with van der Waals surface area (Å²) in [5.74, 6) is -0.159. The maximum absolute atomic E-state index is 12.5. The highest BCUT2D eigenvalue weighted by atomic mass is 19.4. The SMILES string of the molecule is O=C(Nc1cc(C(F)(F)F)ncn1)N1CCC2(COC2)C1. The summed E-state index contributed by atoms with van der Waals surface area (Å²) in [6.07, 6.45) is -2.94. The van der Waals surface area contributed by atoms with Gasteiger partial charge in [0.2, 0.25) is 0 Å². The van der Waals surface area contributed by atoms with Gasteiger partial charge >= 0.3 is 12.2 Å². The van der Waals surface area contributed by atoms with E-state index in [-0.39, 0.29) is 11.2 Å². The molecule has 2 aliphatic rings. The zero-order chi connectivity index (χ0) is 15.1. The average Bonchev–Trinajstić information content (AvgIpc) is 2.83. The zero-order valence-electron chi connectivity index (χ0n) is 11.0. The molecule has 114 valence electrons. The normalized spacial score (nSPS) is 20.4. The van der Waals surface area contributed by atoms with E-state index in [9.17, 15) is 18.0 Å². The summed E-state index contributed by atoms with van der Waals surface area (Å²) in [5.41, 5.74) is -1.06. The van der Waals surface area contributed by atoms with E-state index >= 15 is 0 Å². The van der Waals surface area contributed by atoms with Crippen LogP contribution in [0.1, 0.15) is 12.1 Å². The lowest BCUT2D eigenvalue weighted by atomic mass is 9.85. The van der Waals surface area contributed by atoms with Crippen LogP contribution in [0.3, 0.4) is 0 Å². The van der Waals surface area contributed by atoms with Gasteiger partial charge < -0.3 is 9.64 Å². The Morgan fingerprint density at radius 2 is 2.14 bits per heavy atom. The second kappa shape index (κ2) is 4.83. The molecule has 6 nitrogen and oxygen atoms in total. The van der Waals surface area contributed by atoms with Crippen molar-refractivity contribution in [2.24, 2.45) is 5.41 Å². The molecule has 2 amide bonds. The number of nitrogens with zero attached hydrogens (tertiary/aromatic N) is 3. The highest BCUT2D eigenvalue weighted by Crippen LogP contribution is 2.37. The van der Waals surface area contributed by atoms with Crippen molar-refractivity contribution in [1.29, 1.82) is 0 Å². The van der Waals surface area contributed by atoms with Gasteiger partial charge in [-0.2, -0.15) is 13.2 Å². The Balaban J connectivity index is 1.65. The number of alkyl halides is 3. The number of nitrogens with one attached hydrogen (secondary N) is 1. The second-order valence-electron chi connectivity index (χ2n) is 5.38. The molecule has 0 atom stereocenters. The standard InChI is InChI=1S/C12H13F3N4O2/c13-12(14,15)8-3-9(17-7-16-8)18-10(20)19-2-1-11(4-19)5-21-6-11/h3,7H,1-2,4-6H2,(H,16,17,18,20). The lowest BCUT2D eigenvalue weighted by molar-refractivity contribution is -0.141. The molecule has 2 aliphatic heterocycles. The van der Waals surface area contributed by atoms with Crippen LogP contribution in [0.2, 0.25) is 0 Å². The van der Waals surface area contributed by atoms with Crippen LogP contribution in [0.4, 0.5) is 23.8 Å². The van der Waals surface area contributed by atoms with Crippen molar-refractivity contribution in [2.45, 2.75) is 12.6 Å². The van der Waals surface area contributed by atoms with Crippen LogP contribution in [0, 0.1) is 5.41 Å². The fourth-order valence-electron chi connectivity index (χ4n) is 2.50. The van der Waals surface area contributed by atoms with Gasteiger partial charge in [0.15, 0.2) is 0 Å². The van der Waals surface area contributed by atoms with Crippen LogP contribution in [0.15, 0.2) is 12.4 Å². The molecule has 0 unspecified atom stereocenters. The predicted molar refractivity (Wildman–Crippen MR) is 65.5 cm³/mol. The monoisotopic (exact) mass is 302 g/mol. The molecule has 1 N–H and O–H groups in total. The number of hydrogen-bond donors (Lipinski definition) is 1. The van der Waals surface area contributed by atoms with Gasteiger partial charge in [0, 0.05) is 24.6 Å². The molecule has 0 radical (unpaired) electrons. The van der Waals surface area contributed by atoms with Gasteiger partial charge in [-0.15, -0.1) is 0 Å². The van der Waals surface area contributed by atoms with Gasteiger partial charge in [0.25, 0.3) is 0 Å². The lowest BCUT2D eigenvalue weighted by Gasteiger charge is -2.37. The van der Waals surface area contributed by atoms with Crippen LogP contribution < -0.4 is 5.32 Å². The first-order chi connectivity index (χ1) is 9.88. The van der Waals surface area contributed by atoms with E-state index in [0.29, 0.717) is 26.3 Å². The molecule has 3 rings (SSSR count). The molecule has 0 bridgehead atoms. The van der Waals surface area contributed by atoms with Crippen LogP contribution in [-0.4, -0.2) is 47.2 Å². The smallest absolute Gasteiger partial charge is 0.380 e. The molecule has 0 saturated carbocycles. The van der Waals surface area contributed by atoms with Gasteiger partial charge in [-0.3, -0.25) is 5.32 Å². The molecule has 2 saturated heterocycles. The van der Waals surface area contributed by atoms with E-state index in [4.69, 9.17) is 4.74 Å². The minimum absolute atomic E-state index is 0.0279. The Kier molecular flexibility index (Phi) is 3.23. The minimum Gasteiger partial charge on any atom is -0.380 e. The predicted octanol–water partition coefficient (Wildman–Crippen LogP) is 1.75. The lowest BCUT2D eigenvalue weighted by Crippen LogP contribution is -2.46. The van der Waals surface area contributed by atoms with E-state index in [2.05, 4.69) is 15.3 Å². The molecule has 0 aliphatic carbocycles. The Morgan fingerprint density at radius 3 is 2.71 bits per heavy atom. The summed E-state index contributed by atoms with van der Waals surface area (Å²) in [4.78, 5) is 20.4. The number of carbonyl (C=O) groups excluding carboxylic acids is 1. The summed E-state index contributed by atoms with van der Waals surface area (Å²) < 4.78 is 42.8. The maximum atomic E-state index is 12.5. The number of hydrogen-bond acceptors (Lipinski definition) is 4. The number of urea groups is 1. The van der Waals surface area contributed by atoms with E-state index in [1.807, 2.05) is 0 Å². The molecule has 2 fully saturated rings. The van der Waals surface area contributed by atoms with Gasteiger partial charge in [0.1, 0.15) is 17.8 Å². The third-order valence-corrected chi connectivity index (χ3v) is 3.73. The summed E-state index contributed by atoms with van der Waals surface area (Å²) >= 11 is 0. The van der Waals surface area contributed by atoms with Crippen molar-refractivity contribution in [3.8, 4) is 0 Å². The number of halogens is 3.